The molecule has 3 heterocycles. The van der Waals surface area contributed by atoms with E-state index >= 15 is 0 Å². The second-order valence-corrected chi connectivity index (χ2v) is 9.77. The van der Waals surface area contributed by atoms with Gasteiger partial charge in [0.1, 0.15) is 5.82 Å². The number of hydrogen-bond acceptors (Lipinski definition) is 7. The second-order valence-electron chi connectivity index (χ2n) is 8.52. The minimum absolute atomic E-state index is 0.00562. The molecule has 8 heteroatoms. The third-order valence-electron chi connectivity index (χ3n) is 6.13. The van der Waals surface area contributed by atoms with Crippen LogP contribution in [-0.4, -0.2) is 60.0 Å². The Balaban J connectivity index is 1.22. The van der Waals surface area contributed by atoms with E-state index in [-0.39, 0.29) is 5.91 Å². The summed E-state index contributed by atoms with van der Waals surface area (Å²) in [6.45, 7) is 8.62. The van der Waals surface area contributed by atoms with E-state index in [2.05, 4.69) is 61.4 Å². The number of carbonyl (C=O) groups is 1. The average molecular weight is 477 g/mol. The Kier molecular flexibility index (Phi) is 8.03. The minimum atomic E-state index is -0.00562. The van der Waals surface area contributed by atoms with Gasteiger partial charge in [-0.2, -0.15) is 0 Å². The monoisotopic (exact) mass is 476 g/mol. The normalized spacial score (nSPS) is 13.9. The van der Waals surface area contributed by atoms with Gasteiger partial charge >= 0.3 is 0 Å². The molecule has 34 heavy (non-hydrogen) atoms. The van der Waals surface area contributed by atoms with E-state index < -0.39 is 0 Å². The molecule has 2 aromatic heterocycles. The fourth-order valence-corrected chi connectivity index (χ4v) is 4.87. The number of pyridine rings is 2. The molecule has 1 amide bonds. The molecule has 0 saturated carbocycles. The van der Waals surface area contributed by atoms with E-state index in [0.717, 1.165) is 37.7 Å². The quantitative estimate of drug-likeness (QED) is 0.484. The van der Waals surface area contributed by atoms with E-state index in [4.69, 9.17) is 0 Å². The molecule has 1 fully saturated rings. The standard InChI is InChI=1S/C26H32N6OS/c1-20-5-4-6-24(21(20)2)34-30(3)14-11-26(33)29-22-7-8-25(28-19-22)32-17-15-31(16-18-32)23-9-12-27-13-10-23/h4-10,12-13,19H,11,14-18H2,1-3H3,(H,29,33). The highest BCUT2D eigenvalue weighted by Crippen LogP contribution is 2.27. The fraction of sp³-hybridized carbons (Fsp3) is 0.346. The van der Waals surface area contributed by atoms with Crippen LogP contribution in [0.2, 0.25) is 0 Å². The van der Waals surface area contributed by atoms with E-state index in [1.807, 2.05) is 43.7 Å². The number of amides is 1. The Bertz CT molecular complexity index is 1080. The molecule has 1 N–H and O–H groups in total. The maximum Gasteiger partial charge on any atom is 0.225 e. The summed E-state index contributed by atoms with van der Waals surface area (Å²) < 4.78 is 2.11. The smallest absolute Gasteiger partial charge is 0.225 e. The number of rotatable bonds is 8. The van der Waals surface area contributed by atoms with Crippen molar-refractivity contribution in [2.75, 3.05) is 54.9 Å². The first-order valence-electron chi connectivity index (χ1n) is 11.6. The number of benzene rings is 1. The molecule has 0 unspecified atom stereocenters. The summed E-state index contributed by atoms with van der Waals surface area (Å²) in [7, 11) is 2.02. The van der Waals surface area contributed by atoms with Gasteiger partial charge in [-0.25, -0.2) is 9.29 Å². The molecular weight excluding hydrogens is 444 g/mol. The van der Waals surface area contributed by atoms with Gasteiger partial charge in [0.15, 0.2) is 0 Å². The summed E-state index contributed by atoms with van der Waals surface area (Å²) in [5, 5.41) is 2.97. The van der Waals surface area contributed by atoms with Crippen LogP contribution in [-0.2, 0) is 4.79 Å². The van der Waals surface area contributed by atoms with Crippen molar-refractivity contribution in [1.29, 1.82) is 0 Å². The summed E-state index contributed by atoms with van der Waals surface area (Å²) in [6, 6.07) is 14.3. The number of piperazine rings is 1. The van der Waals surface area contributed by atoms with Gasteiger partial charge in [0.25, 0.3) is 0 Å². The van der Waals surface area contributed by atoms with Gasteiger partial charge in [0.05, 0.1) is 11.9 Å². The first-order valence-corrected chi connectivity index (χ1v) is 12.4. The van der Waals surface area contributed by atoms with E-state index in [0.29, 0.717) is 13.0 Å². The highest BCUT2D eigenvalue weighted by Gasteiger charge is 2.18. The zero-order chi connectivity index (χ0) is 23.9. The minimum Gasteiger partial charge on any atom is -0.368 e. The summed E-state index contributed by atoms with van der Waals surface area (Å²) in [4.78, 5) is 27.0. The Hall–Kier alpha value is -3.10. The van der Waals surface area contributed by atoms with Gasteiger partial charge in [0, 0.05) is 62.1 Å². The van der Waals surface area contributed by atoms with Gasteiger partial charge in [0.2, 0.25) is 5.91 Å². The number of hydrogen-bond donors (Lipinski definition) is 1. The first kappa shape index (κ1) is 24.0. The predicted molar refractivity (Wildman–Crippen MR) is 141 cm³/mol. The molecule has 0 atom stereocenters. The molecule has 0 bridgehead atoms. The van der Waals surface area contributed by atoms with Crippen LogP contribution in [0.3, 0.4) is 0 Å². The van der Waals surface area contributed by atoms with Crippen LogP contribution in [0.5, 0.6) is 0 Å². The molecule has 0 aliphatic carbocycles. The van der Waals surface area contributed by atoms with Crippen molar-refractivity contribution in [2.24, 2.45) is 0 Å². The lowest BCUT2D eigenvalue weighted by Crippen LogP contribution is -2.46. The van der Waals surface area contributed by atoms with Gasteiger partial charge in [-0.3, -0.25) is 9.78 Å². The largest absolute Gasteiger partial charge is 0.368 e. The molecule has 0 radical (unpaired) electrons. The summed E-state index contributed by atoms with van der Waals surface area (Å²) in [5.41, 5.74) is 4.50. The first-order chi connectivity index (χ1) is 16.5. The Morgan fingerprint density at radius 1 is 1.03 bits per heavy atom. The molecule has 1 aliphatic heterocycles. The molecule has 1 aliphatic rings. The topological polar surface area (TPSA) is 64.6 Å². The van der Waals surface area contributed by atoms with Crippen molar-refractivity contribution in [1.82, 2.24) is 14.3 Å². The van der Waals surface area contributed by atoms with Crippen molar-refractivity contribution < 1.29 is 4.79 Å². The van der Waals surface area contributed by atoms with Gasteiger partial charge < -0.3 is 15.1 Å². The molecule has 0 spiro atoms. The van der Waals surface area contributed by atoms with Crippen LogP contribution in [0.15, 0.2) is 66.0 Å². The van der Waals surface area contributed by atoms with Gasteiger partial charge in [-0.05, 0) is 74.3 Å². The molecule has 1 saturated heterocycles. The third kappa shape index (κ3) is 6.27. The van der Waals surface area contributed by atoms with Crippen molar-refractivity contribution in [3.63, 3.8) is 0 Å². The molecule has 3 aromatic rings. The SMILES string of the molecule is Cc1cccc(SN(C)CCC(=O)Nc2ccc(N3CCN(c4ccncc4)CC3)nc2)c1C. The molecular formula is C26H32N6OS. The van der Waals surface area contributed by atoms with Crippen molar-refractivity contribution in [3.05, 3.63) is 72.2 Å². The van der Waals surface area contributed by atoms with Crippen LogP contribution in [0.25, 0.3) is 0 Å². The van der Waals surface area contributed by atoms with Crippen LogP contribution >= 0.6 is 11.9 Å². The Morgan fingerprint density at radius 2 is 1.76 bits per heavy atom. The van der Waals surface area contributed by atoms with Crippen LogP contribution in [0.4, 0.5) is 17.2 Å². The van der Waals surface area contributed by atoms with E-state index in [9.17, 15) is 4.79 Å². The van der Waals surface area contributed by atoms with Gasteiger partial charge in [-0.15, -0.1) is 0 Å². The number of nitrogens with zero attached hydrogens (tertiary/aromatic N) is 5. The summed E-state index contributed by atoms with van der Waals surface area (Å²) >= 11 is 1.68. The predicted octanol–water partition coefficient (Wildman–Crippen LogP) is 4.39. The lowest BCUT2D eigenvalue weighted by atomic mass is 10.1. The summed E-state index contributed by atoms with van der Waals surface area (Å²) in [5.74, 6) is 0.936. The number of anilines is 3. The second kappa shape index (κ2) is 11.4. The van der Waals surface area contributed by atoms with Crippen LogP contribution < -0.4 is 15.1 Å². The lowest BCUT2D eigenvalue weighted by molar-refractivity contribution is -0.116. The zero-order valence-corrected chi connectivity index (χ0v) is 20.9. The molecule has 7 nitrogen and oxygen atoms in total. The molecule has 4 rings (SSSR count). The maximum absolute atomic E-state index is 12.5. The van der Waals surface area contributed by atoms with E-state index in [1.54, 1.807) is 18.1 Å². The van der Waals surface area contributed by atoms with Crippen LogP contribution in [0.1, 0.15) is 17.5 Å². The number of aromatic nitrogens is 2. The van der Waals surface area contributed by atoms with E-state index in [1.165, 1.54) is 21.7 Å². The maximum atomic E-state index is 12.5. The zero-order valence-electron chi connectivity index (χ0n) is 20.1. The Morgan fingerprint density at radius 3 is 2.47 bits per heavy atom. The highest BCUT2D eigenvalue weighted by atomic mass is 32.2. The number of aryl methyl sites for hydroxylation is 1. The van der Waals surface area contributed by atoms with Gasteiger partial charge in [-0.1, -0.05) is 12.1 Å². The van der Waals surface area contributed by atoms with Crippen molar-refractivity contribution >= 4 is 35.0 Å². The van der Waals surface area contributed by atoms with Crippen molar-refractivity contribution in [2.45, 2.75) is 25.2 Å². The lowest BCUT2D eigenvalue weighted by Gasteiger charge is -2.36. The van der Waals surface area contributed by atoms with Crippen molar-refractivity contribution in [3.8, 4) is 0 Å². The highest BCUT2D eigenvalue weighted by molar-refractivity contribution is 7.97. The molecule has 1 aromatic carbocycles. The Labute approximate surface area is 206 Å². The third-order valence-corrected chi connectivity index (χ3v) is 7.26. The average Bonchev–Trinajstić information content (AvgIpc) is 2.87. The number of nitrogens with one attached hydrogen (secondary N) is 1. The fourth-order valence-electron chi connectivity index (χ4n) is 3.91. The number of carbonyl (C=O) groups excluding carboxylic acids is 1. The van der Waals surface area contributed by atoms with Crippen LogP contribution in [0, 0.1) is 13.8 Å². The summed E-state index contributed by atoms with van der Waals surface area (Å²) in [6.07, 6.45) is 5.83. The molecule has 178 valence electrons.